The second kappa shape index (κ2) is 38.4. The highest BCUT2D eigenvalue weighted by molar-refractivity contribution is 9.11. The SMILES string of the molecule is CCOC(=O)C1=C(CN2CC(CC(=O)O)C(F)(F)C2)NC(c2nccs2)=NC1c1ccc(F)cc1Br.CCOC(=O)C1=C(CN2CC(F)(F)CC2CC(=O)CS(=O)(=O)C2CC2)NC(c2nccs2)=NC1c1ccc(F)cc1Br.CCOC(=O)C1=C(CN2CC(F)(F)CC2CC(=O)CS(C)(=O)=O)NC(c2nccs2)=NC1c1ccc(F)cc1Br. The Hall–Kier alpha value is -8.01. The van der Waals surface area contributed by atoms with Crippen molar-refractivity contribution in [3.63, 3.8) is 0 Å². The van der Waals surface area contributed by atoms with Gasteiger partial charge in [0.25, 0.3) is 17.8 Å². The van der Waals surface area contributed by atoms with Gasteiger partial charge in [-0.25, -0.2) is 85.7 Å². The number of carboxylic acids is 1. The molecule has 4 fully saturated rings. The predicted octanol–water partition coefficient (Wildman–Crippen LogP) is 11.9. The number of amidine groups is 3. The number of thiazole rings is 3. The molecule has 3 saturated heterocycles. The molecule has 4 N–H and O–H groups in total. The number of nitrogens with one attached hydrogen (secondary N) is 3. The van der Waals surface area contributed by atoms with Crippen molar-refractivity contribution in [2.75, 3.05) is 83.4 Å². The number of aliphatic imine (C=N–C) groups is 3. The molecule has 0 radical (unpaired) electrons. The van der Waals surface area contributed by atoms with Gasteiger partial charge in [-0.05, 0) is 86.7 Å². The molecule has 6 aromatic rings. The van der Waals surface area contributed by atoms with Gasteiger partial charge in [-0.1, -0.05) is 66.0 Å². The maximum Gasteiger partial charge on any atom is 0.338 e. The number of halogens is 12. The molecule has 7 aliphatic rings. The van der Waals surface area contributed by atoms with Crippen molar-refractivity contribution < 1.29 is 104 Å². The number of alkyl halides is 6. The largest absolute Gasteiger partial charge is 0.481 e. The Bertz CT molecular complexity index is 5240. The molecule has 3 aromatic carbocycles. The van der Waals surface area contributed by atoms with Crippen molar-refractivity contribution in [2.24, 2.45) is 20.9 Å². The Morgan fingerprint density at radius 1 is 0.534 bits per heavy atom. The average molecular weight is 1940 g/mol. The normalized spacial score (nSPS) is 21.8. The quantitative estimate of drug-likeness (QED) is 0.0192. The Kier molecular flexibility index (Phi) is 29.5. The number of Topliss-reactive ketones (excluding diaryl/α,β-unsaturated/α-hetero) is 2. The third-order valence-corrected chi connectivity index (χ3v) is 26.7. The first kappa shape index (κ1) is 90.7. The van der Waals surface area contributed by atoms with E-state index in [1.165, 1.54) is 103 Å². The summed E-state index contributed by atoms with van der Waals surface area (Å²) in [5.74, 6) is -17.7. The first-order valence-electron chi connectivity index (χ1n) is 36.5. The molecule has 26 nitrogen and oxygen atoms in total. The zero-order valence-corrected chi connectivity index (χ0v) is 71.8. The number of benzene rings is 3. The highest BCUT2D eigenvalue weighted by Crippen LogP contribution is 2.45. The van der Waals surface area contributed by atoms with E-state index in [-0.39, 0.29) is 97.9 Å². The molecule has 0 amide bonds. The number of nitrogens with zero attached hydrogens (tertiary/aromatic N) is 9. The van der Waals surface area contributed by atoms with Crippen LogP contribution in [0, 0.1) is 23.4 Å². The fourth-order valence-corrected chi connectivity index (χ4v) is 20.0. The monoisotopic (exact) mass is 1940 g/mol. The van der Waals surface area contributed by atoms with Gasteiger partial charge < -0.3 is 35.3 Å². The van der Waals surface area contributed by atoms with Crippen LogP contribution in [0.25, 0.3) is 0 Å². The van der Waals surface area contributed by atoms with Gasteiger partial charge in [0.1, 0.15) is 58.6 Å². The molecule has 13 rings (SSSR count). The predicted molar refractivity (Wildman–Crippen MR) is 430 cm³/mol. The Labute approximate surface area is 708 Å². The second-order valence-corrected chi connectivity index (χ2v) is 38.1. The number of sulfone groups is 2. The minimum absolute atomic E-state index is 0.0282. The van der Waals surface area contributed by atoms with E-state index in [9.17, 15) is 85.1 Å². The van der Waals surface area contributed by atoms with Crippen LogP contribution in [-0.2, 0) is 62.7 Å². The van der Waals surface area contributed by atoms with Crippen molar-refractivity contribution in [3.05, 3.63) is 186 Å². The van der Waals surface area contributed by atoms with E-state index in [0.717, 1.165) is 6.26 Å². The molecule has 1 saturated carbocycles. The van der Waals surface area contributed by atoms with Crippen LogP contribution in [0.1, 0.15) is 116 Å². The average Bonchev–Trinajstić information content (AvgIpc) is 1.17. The lowest BCUT2D eigenvalue weighted by Crippen LogP contribution is -2.42. The molecular formula is C75H76Br3F9N12O14S5. The summed E-state index contributed by atoms with van der Waals surface area (Å²) in [6.45, 7) is 2.22. The van der Waals surface area contributed by atoms with Gasteiger partial charge >= 0.3 is 23.9 Å². The maximum absolute atomic E-state index is 14.8. The topological polar surface area (TPSA) is 340 Å². The van der Waals surface area contributed by atoms with E-state index in [2.05, 4.69) is 88.7 Å². The second-order valence-electron chi connectivity index (χ2n) is 28.4. The fourth-order valence-electron chi connectivity index (χ4n) is 14.2. The summed E-state index contributed by atoms with van der Waals surface area (Å²) >= 11 is 13.8. The Morgan fingerprint density at radius 2 is 0.890 bits per heavy atom. The van der Waals surface area contributed by atoms with Crippen molar-refractivity contribution in [3.8, 4) is 0 Å². The Morgan fingerprint density at radius 3 is 1.20 bits per heavy atom. The van der Waals surface area contributed by atoms with E-state index in [1.54, 1.807) is 55.5 Å². The number of ether oxygens (including phenoxy) is 3. The Balaban J connectivity index is 0.000000174. The molecule has 0 spiro atoms. The van der Waals surface area contributed by atoms with E-state index in [0.29, 0.717) is 63.8 Å². The fraction of sp³-hybridized carbons (Fsp3) is 0.440. The first-order chi connectivity index (χ1) is 55.7. The van der Waals surface area contributed by atoms with E-state index >= 15 is 0 Å². The summed E-state index contributed by atoms with van der Waals surface area (Å²) in [6, 6.07) is 6.93. The molecule has 6 aliphatic heterocycles. The summed E-state index contributed by atoms with van der Waals surface area (Å²) in [6.07, 6.45) is 3.90. The number of carbonyl (C=O) groups excluding carboxylic acids is 5. The van der Waals surface area contributed by atoms with E-state index < -0.39 is 189 Å². The lowest BCUT2D eigenvalue weighted by Gasteiger charge is -2.31. The van der Waals surface area contributed by atoms with Gasteiger partial charge in [0.2, 0.25) is 0 Å². The van der Waals surface area contributed by atoms with Gasteiger partial charge in [-0.2, -0.15) is 0 Å². The molecular weight excluding hydrogens is 1860 g/mol. The smallest absolute Gasteiger partial charge is 0.338 e. The van der Waals surface area contributed by atoms with Crippen molar-refractivity contribution in [1.29, 1.82) is 0 Å². The third kappa shape index (κ3) is 23.2. The van der Waals surface area contributed by atoms with Crippen LogP contribution in [0.3, 0.4) is 0 Å². The van der Waals surface area contributed by atoms with Crippen molar-refractivity contribution in [2.45, 2.75) is 119 Å². The number of rotatable bonds is 29. The zero-order chi connectivity index (χ0) is 85.5. The van der Waals surface area contributed by atoms with Crippen LogP contribution in [0.4, 0.5) is 39.5 Å². The lowest BCUT2D eigenvalue weighted by atomic mass is 9.95. The number of aliphatic carboxylic acids is 1. The highest BCUT2D eigenvalue weighted by Gasteiger charge is 2.52. The lowest BCUT2D eigenvalue weighted by molar-refractivity contribution is -0.141. The standard InChI is InChI=1S/C27H28BrF3N4O5S2.C25H26BrF3N4O5S2.C23H22BrF3N4O4S/c1-2-40-26(37)22-21(12-35-14-27(30,31)11-16(35)10-17(36)13-42(38,39)18-4-5-18)33-24(25-32-7-8-41-25)34-23(22)19-6-3-15(29)9-20(19)28;1-3-38-24(35)20-19(11-33-13-25(28,29)10-15(33)9-16(34)12-40(2,36)37)31-22(23-30-6-7-39-23)32-21(20)17-5-4-14(27)8-18(17)26;1-2-35-22(34)18-16(10-31-9-12(7-17(32)33)23(26,27)11-31)29-20(21-28-5-6-36-21)30-19(18)14-4-3-13(25)8-15(14)24/h3,6-9,16,18,23H,2,4-5,10-14H2,1H3,(H,33,34);4-8,15,21H,3,9-13H2,1-2H3,(H,31,32);3-6,8,12,19H,2,7,9-11H2,1H3,(H,29,30)(H,32,33). The van der Waals surface area contributed by atoms with Gasteiger partial charge in [0.05, 0.1) is 67.8 Å². The van der Waals surface area contributed by atoms with Crippen LogP contribution in [0.5, 0.6) is 0 Å². The van der Waals surface area contributed by atoms with Crippen molar-refractivity contribution in [1.82, 2.24) is 45.6 Å². The minimum atomic E-state index is -3.63. The molecule has 6 atom stereocenters. The number of esters is 3. The summed E-state index contributed by atoms with van der Waals surface area (Å²) in [5, 5.41) is 24.4. The van der Waals surface area contributed by atoms with Crippen LogP contribution < -0.4 is 16.0 Å². The minimum Gasteiger partial charge on any atom is -0.481 e. The molecule has 6 unspecified atom stereocenters. The molecule has 634 valence electrons. The zero-order valence-electron chi connectivity index (χ0n) is 63.0. The number of likely N-dealkylation sites (tertiary alicyclic amines) is 3. The van der Waals surface area contributed by atoms with Gasteiger partial charge in [-0.15, -0.1) is 34.0 Å². The number of ketones is 2. The number of aromatic nitrogens is 3. The third-order valence-electron chi connectivity index (χ3n) is 19.3. The number of hydrogen-bond acceptors (Lipinski definition) is 28. The summed E-state index contributed by atoms with van der Waals surface area (Å²) in [7, 11) is -7.23. The molecule has 9 heterocycles. The summed E-state index contributed by atoms with van der Waals surface area (Å²) in [4.78, 5) is 107. The van der Waals surface area contributed by atoms with E-state index in [4.69, 9.17) is 24.3 Å². The number of hydrogen-bond donors (Lipinski definition) is 4. The highest BCUT2D eigenvalue weighted by atomic mass is 79.9. The molecule has 118 heavy (non-hydrogen) atoms. The van der Waals surface area contributed by atoms with Crippen LogP contribution in [0.15, 0.2) is 152 Å². The van der Waals surface area contributed by atoms with E-state index in [1.807, 2.05) is 0 Å². The van der Waals surface area contributed by atoms with Gasteiger partial charge in [0.15, 0.2) is 52.2 Å². The van der Waals surface area contributed by atoms with Gasteiger partial charge in [0, 0.05) is 141 Å². The van der Waals surface area contributed by atoms with Gasteiger partial charge in [-0.3, -0.25) is 44.1 Å². The molecule has 43 heteroatoms. The molecule has 0 bridgehead atoms. The first-order valence-corrected chi connectivity index (χ1v) is 45.3. The number of carbonyl (C=O) groups is 6. The van der Waals surface area contributed by atoms with Crippen LogP contribution in [-0.4, -0.2) is 223 Å². The number of carboxylic acid groups (broad SMARTS) is 1. The summed E-state index contributed by atoms with van der Waals surface area (Å²) < 4.78 is 195. The van der Waals surface area contributed by atoms with Crippen LogP contribution in [0.2, 0.25) is 0 Å². The van der Waals surface area contributed by atoms with Crippen molar-refractivity contribution >= 4 is 154 Å². The molecule has 3 aromatic heterocycles. The maximum atomic E-state index is 14.8. The summed E-state index contributed by atoms with van der Waals surface area (Å²) in [5.41, 5.74) is 2.22. The molecule has 1 aliphatic carbocycles. The van der Waals surface area contributed by atoms with Crippen LogP contribution >= 0.6 is 81.8 Å².